The number of cyclic esters (lactones) is 1. The average molecular weight is 753 g/mol. The molecule has 0 spiro atoms. The number of ether oxygens (including phenoxy) is 7. The monoisotopic (exact) mass is 752 g/mol. The normalized spacial score (nSPS) is 39.5. The van der Waals surface area contributed by atoms with Gasteiger partial charge in [0.05, 0.1) is 30.8 Å². The number of likely N-dealkylation sites (N-methyl/N-ethyl adjacent to an activating group) is 2. The molecule has 0 aromatic rings. The topological polar surface area (TPSA) is 143 Å². The first-order valence-corrected chi connectivity index (χ1v) is 19.4. The minimum absolute atomic E-state index is 0.0210. The zero-order valence-electron chi connectivity index (χ0n) is 33.9. The molecule has 304 valence electrons. The first-order chi connectivity index (χ1) is 25.1. The summed E-state index contributed by atoms with van der Waals surface area (Å²) in [7, 11) is 9.35. The van der Waals surface area contributed by atoms with Gasteiger partial charge in [0, 0.05) is 44.4 Å². The van der Waals surface area contributed by atoms with Crippen molar-refractivity contribution in [2.45, 2.75) is 160 Å². The first-order valence-electron chi connectivity index (χ1n) is 19.4. The van der Waals surface area contributed by atoms with Crippen LogP contribution in [0.25, 0.3) is 0 Å². The molecule has 15 unspecified atom stereocenters. The van der Waals surface area contributed by atoms with E-state index in [1.165, 1.54) is 7.11 Å². The van der Waals surface area contributed by atoms with E-state index in [0.717, 1.165) is 19.1 Å². The summed E-state index contributed by atoms with van der Waals surface area (Å²) in [6.45, 7) is 11.5. The molecule has 3 rings (SSSR count). The number of rotatable bonds is 11. The molecule has 0 aromatic heterocycles. The van der Waals surface area contributed by atoms with Gasteiger partial charge in [-0.05, 0) is 80.1 Å². The van der Waals surface area contributed by atoms with Gasteiger partial charge in [0.25, 0.3) is 0 Å². The van der Waals surface area contributed by atoms with E-state index in [4.69, 9.17) is 33.2 Å². The highest BCUT2D eigenvalue weighted by Crippen LogP contribution is 2.36. The van der Waals surface area contributed by atoms with Crippen molar-refractivity contribution in [1.82, 2.24) is 9.80 Å². The molecule has 0 bridgehead atoms. The maximum atomic E-state index is 13.3. The van der Waals surface area contributed by atoms with Crippen LogP contribution in [0, 0.1) is 17.8 Å². The van der Waals surface area contributed by atoms with E-state index in [-0.39, 0.29) is 55.4 Å². The summed E-state index contributed by atoms with van der Waals surface area (Å²) in [5.41, 5.74) is 0. The Balaban J connectivity index is 2.09. The molecule has 3 heterocycles. The van der Waals surface area contributed by atoms with Crippen molar-refractivity contribution in [1.29, 1.82) is 0 Å². The second-order valence-corrected chi connectivity index (χ2v) is 15.6. The van der Waals surface area contributed by atoms with Crippen molar-refractivity contribution in [2.75, 3.05) is 35.3 Å². The third-order valence-corrected chi connectivity index (χ3v) is 11.1. The Morgan fingerprint density at radius 3 is 2.30 bits per heavy atom. The lowest BCUT2D eigenvalue weighted by atomic mass is 9.82. The van der Waals surface area contributed by atoms with Crippen LogP contribution in [-0.2, 0) is 47.5 Å². The maximum absolute atomic E-state index is 13.3. The van der Waals surface area contributed by atoms with Crippen molar-refractivity contribution < 1.29 is 52.6 Å². The number of aliphatic hydroxyl groups excluding tert-OH is 1. The number of carbonyl (C=O) groups is 3. The molecule has 13 heteroatoms. The zero-order valence-corrected chi connectivity index (χ0v) is 33.9. The summed E-state index contributed by atoms with van der Waals surface area (Å²) in [5, 5.41) is 11.7. The molecule has 53 heavy (non-hydrogen) atoms. The highest BCUT2D eigenvalue weighted by atomic mass is 16.7. The van der Waals surface area contributed by atoms with Crippen LogP contribution in [0.1, 0.15) is 86.5 Å². The van der Waals surface area contributed by atoms with Gasteiger partial charge in [0.1, 0.15) is 30.7 Å². The zero-order chi connectivity index (χ0) is 39.4. The van der Waals surface area contributed by atoms with Gasteiger partial charge >= 0.3 is 11.9 Å². The van der Waals surface area contributed by atoms with E-state index in [9.17, 15) is 19.5 Å². The quantitative estimate of drug-likeness (QED) is 0.237. The van der Waals surface area contributed by atoms with Crippen LogP contribution in [0.15, 0.2) is 24.3 Å². The van der Waals surface area contributed by atoms with Gasteiger partial charge < -0.3 is 52.9 Å². The van der Waals surface area contributed by atoms with Crippen molar-refractivity contribution in [2.24, 2.45) is 17.8 Å². The van der Waals surface area contributed by atoms with Crippen molar-refractivity contribution in [3.05, 3.63) is 24.3 Å². The lowest BCUT2D eigenvalue weighted by molar-refractivity contribution is -0.301. The van der Waals surface area contributed by atoms with Crippen molar-refractivity contribution in [3.63, 3.8) is 0 Å². The Morgan fingerprint density at radius 1 is 0.981 bits per heavy atom. The Labute approximate surface area is 317 Å². The number of allylic oxidation sites excluding steroid dienone is 2. The second-order valence-electron chi connectivity index (χ2n) is 15.6. The molecule has 0 amide bonds. The number of methoxy groups -OCH3 is 1. The molecule has 0 saturated carbocycles. The molecule has 2 saturated heterocycles. The summed E-state index contributed by atoms with van der Waals surface area (Å²) in [6, 6.07) is -0.0184. The van der Waals surface area contributed by atoms with E-state index in [0.29, 0.717) is 12.8 Å². The van der Waals surface area contributed by atoms with Gasteiger partial charge in [-0.3, -0.25) is 9.59 Å². The highest BCUT2D eigenvalue weighted by molar-refractivity contribution is 5.72. The van der Waals surface area contributed by atoms with E-state index < -0.39 is 67.1 Å². The van der Waals surface area contributed by atoms with Crippen LogP contribution in [0.3, 0.4) is 0 Å². The number of hydrogen-bond acceptors (Lipinski definition) is 13. The molecular formula is C40H68N2O11. The minimum Gasteiger partial charge on any atom is -0.462 e. The maximum Gasteiger partial charge on any atom is 0.309 e. The summed E-state index contributed by atoms with van der Waals surface area (Å²) in [5.74, 6) is -1.83. The molecular weight excluding hydrogens is 684 g/mol. The van der Waals surface area contributed by atoms with Gasteiger partial charge in [-0.1, -0.05) is 45.1 Å². The van der Waals surface area contributed by atoms with Crippen LogP contribution in [-0.4, -0.2) is 142 Å². The third kappa shape index (κ3) is 12.9. The Hall–Kier alpha value is -2.23. The Morgan fingerprint density at radius 2 is 1.70 bits per heavy atom. The summed E-state index contributed by atoms with van der Waals surface area (Å²) >= 11 is 0. The number of esters is 2. The van der Waals surface area contributed by atoms with Crippen LogP contribution in [0.5, 0.6) is 0 Å². The molecule has 15 atom stereocenters. The predicted molar refractivity (Wildman–Crippen MR) is 200 cm³/mol. The molecule has 3 aliphatic rings. The van der Waals surface area contributed by atoms with E-state index in [1.807, 2.05) is 57.1 Å². The van der Waals surface area contributed by atoms with Gasteiger partial charge in [0.15, 0.2) is 12.6 Å². The second kappa shape index (κ2) is 21.8. The molecule has 0 aromatic carbocycles. The lowest BCUT2D eigenvalue weighted by Crippen LogP contribution is -2.61. The fourth-order valence-corrected chi connectivity index (χ4v) is 8.01. The van der Waals surface area contributed by atoms with Gasteiger partial charge in [-0.2, -0.15) is 0 Å². The molecule has 0 aliphatic carbocycles. The van der Waals surface area contributed by atoms with Crippen LogP contribution in [0.2, 0.25) is 0 Å². The van der Waals surface area contributed by atoms with E-state index in [1.54, 1.807) is 13.8 Å². The smallest absolute Gasteiger partial charge is 0.309 e. The number of hydrogen-bond donors (Lipinski definition) is 1. The number of aldehydes is 1. The summed E-state index contributed by atoms with van der Waals surface area (Å²) in [6.07, 6.45) is 4.00. The fourth-order valence-electron chi connectivity index (χ4n) is 8.01. The predicted octanol–water partition coefficient (Wildman–Crippen LogP) is 4.29. The molecule has 1 N–H and O–H groups in total. The minimum atomic E-state index is -1.12. The summed E-state index contributed by atoms with van der Waals surface area (Å²) in [4.78, 5) is 42.8. The van der Waals surface area contributed by atoms with Crippen LogP contribution < -0.4 is 0 Å². The van der Waals surface area contributed by atoms with Gasteiger partial charge in [-0.15, -0.1) is 0 Å². The Bertz CT molecular complexity index is 1200. The molecule has 0 radical (unpaired) electrons. The largest absolute Gasteiger partial charge is 0.462 e. The number of carbonyl (C=O) groups excluding carboxylic acids is 3. The molecule has 2 fully saturated rings. The third-order valence-electron chi connectivity index (χ3n) is 11.1. The summed E-state index contributed by atoms with van der Waals surface area (Å²) < 4.78 is 43.8. The van der Waals surface area contributed by atoms with Crippen molar-refractivity contribution in [3.8, 4) is 0 Å². The number of aliphatic hydroxyl groups is 1. The van der Waals surface area contributed by atoms with Gasteiger partial charge in [-0.25, -0.2) is 0 Å². The van der Waals surface area contributed by atoms with Crippen LogP contribution in [0.4, 0.5) is 0 Å². The standard InChI is InChI=1S/C40H68N2O11/c1-12-33(44)51-32-23-34(45)48-25(3)16-14-13-15-17-31(52-35-19-18-30(41(7)8)28(6)49-35)24(2)22-29(20-21-43)38(39(32)47-11)53-40-37(46)36(42(9)10)26(4)27(5)50-40/h13-15,17,21,24-32,35-40,46H,12,16,18-20,22-23H2,1-11H3. The highest BCUT2D eigenvalue weighted by Gasteiger charge is 2.48. The Kier molecular flexibility index (Phi) is 18.5. The van der Waals surface area contributed by atoms with E-state index >= 15 is 0 Å². The fraction of sp³-hybridized carbons (Fsp3) is 0.825. The molecule has 13 nitrogen and oxygen atoms in total. The number of nitrogens with zero attached hydrogens (tertiary/aromatic N) is 2. The van der Waals surface area contributed by atoms with Crippen LogP contribution >= 0.6 is 0 Å². The molecule has 3 aliphatic heterocycles. The van der Waals surface area contributed by atoms with Gasteiger partial charge in [0.2, 0.25) is 0 Å². The van der Waals surface area contributed by atoms with E-state index in [2.05, 4.69) is 32.8 Å². The SMILES string of the molecule is CCC(=O)OC1CC(=O)OC(C)CC=CC=CC(OC2CCC(N(C)C)C(C)O2)C(C)CC(CC=O)C(OC2OC(C)C(C)C(N(C)C)C2O)C1OC. The first kappa shape index (κ1) is 45.2. The lowest BCUT2D eigenvalue weighted by Gasteiger charge is -2.47. The average Bonchev–Trinajstić information content (AvgIpc) is 3.08. The van der Waals surface area contributed by atoms with Crippen molar-refractivity contribution >= 4 is 18.2 Å².